The molecular formula is C15H24N2O3. The van der Waals surface area contributed by atoms with Crippen LogP contribution in [0.25, 0.3) is 0 Å². The molecule has 1 aromatic rings. The van der Waals surface area contributed by atoms with Crippen LogP contribution in [0.4, 0.5) is 0 Å². The number of likely N-dealkylation sites (N-methyl/N-ethyl adjacent to an activating group) is 1. The van der Waals surface area contributed by atoms with Crippen LogP contribution in [0.3, 0.4) is 0 Å². The van der Waals surface area contributed by atoms with Crippen molar-refractivity contribution in [2.75, 3.05) is 34.4 Å². The molecule has 1 aliphatic heterocycles. The first-order chi connectivity index (χ1) is 9.55. The maximum atomic E-state index is 9.83. The third-order valence-electron chi connectivity index (χ3n) is 4.08. The number of phenols is 1. The first-order valence-electron chi connectivity index (χ1n) is 6.92. The molecule has 2 rings (SSSR count). The highest BCUT2D eigenvalue weighted by molar-refractivity contribution is 5.41. The van der Waals surface area contributed by atoms with Crippen LogP contribution in [0.5, 0.6) is 11.5 Å². The first-order valence-corrected chi connectivity index (χ1v) is 6.92. The van der Waals surface area contributed by atoms with Crippen molar-refractivity contribution in [3.8, 4) is 11.5 Å². The van der Waals surface area contributed by atoms with Crippen molar-refractivity contribution in [2.45, 2.75) is 25.0 Å². The molecule has 0 saturated carbocycles. The SMILES string of the molecule is COc1ccc(CN2C[C@H](N(C)C)C[C@H]2CO)cc1O. The Morgan fingerprint density at radius 1 is 1.40 bits per heavy atom. The molecule has 1 fully saturated rings. The Bertz CT molecular complexity index is 451. The van der Waals surface area contributed by atoms with E-state index in [2.05, 4.69) is 23.9 Å². The van der Waals surface area contributed by atoms with E-state index in [1.807, 2.05) is 6.07 Å². The van der Waals surface area contributed by atoms with Gasteiger partial charge in [-0.1, -0.05) is 6.07 Å². The van der Waals surface area contributed by atoms with Gasteiger partial charge in [0.2, 0.25) is 0 Å². The largest absolute Gasteiger partial charge is 0.504 e. The minimum Gasteiger partial charge on any atom is -0.504 e. The van der Waals surface area contributed by atoms with Gasteiger partial charge in [0.15, 0.2) is 11.5 Å². The van der Waals surface area contributed by atoms with Gasteiger partial charge in [0.25, 0.3) is 0 Å². The summed E-state index contributed by atoms with van der Waals surface area (Å²) in [7, 11) is 5.68. The van der Waals surface area contributed by atoms with Crippen LogP contribution in [0.15, 0.2) is 18.2 Å². The lowest BCUT2D eigenvalue weighted by Crippen LogP contribution is -2.33. The second kappa shape index (κ2) is 6.43. The summed E-state index contributed by atoms with van der Waals surface area (Å²) in [6.07, 6.45) is 0.978. The molecule has 112 valence electrons. The number of phenolic OH excluding ortho intramolecular Hbond substituents is 1. The van der Waals surface area contributed by atoms with Gasteiger partial charge >= 0.3 is 0 Å². The fraction of sp³-hybridized carbons (Fsp3) is 0.600. The van der Waals surface area contributed by atoms with E-state index in [1.54, 1.807) is 19.2 Å². The summed E-state index contributed by atoms with van der Waals surface area (Å²) in [6, 6.07) is 6.12. The number of benzene rings is 1. The predicted octanol–water partition coefficient (Wildman–Crippen LogP) is 0.898. The monoisotopic (exact) mass is 280 g/mol. The van der Waals surface area contributed by atoms with Crippen molar-refractivity contribution in [1.29, 1.82) is 0 Å². The molecule has 0 aromatic heterocycles. The predicted molar refractivity (Wildman–Crippen MR) is 78.0 cm³/mol. The molecule has 0 aliphatic carbocycles. The number of aliphatic hydroxyl groups is 1. The maximum absolute atomic E-state index is 9.83. The third-order valence-corrected chi connectivity index (χ3v) is 4.08. The zero-order valence-electron chi connectivity index (χ0n) is 12.4. The molecule has 0 bridgehead atoms. The summed E-state index contributed by atoms with van der Waals surface area (Å²) in [5.41, 5.74) is 1.03. The fourth-order valence-electron chi connectivity index (χ4n) is 2.78. The Hall–Kier alpha value is -1.30. The Morgan fingerprint density at radius 2 is 2.15 bits per heavy atom. The first kappa shape index (κ1) is 15.1. The number of hydrogen-bond acceptors (Lipinski definition) is 5. The standard InChI is InChI=1S/C15H24N2O3/c1-16(2)12-7-13(10-18)17(9-12)8-11-4-5-15(20-3)14(19)6-11/h4-6,12-13,18-19H,7-10H2,1-3H3/t12-,13+/m1/s1. The molecule has 1 aliphatic rings. The van der Waals surface area contributed by atoms with Crippen molar-refractivity contribution in [2.24, 2.45) is 0 Å². The lowest BCUT2D eigenvalue weighted by Gasteiger charge is -2.23. The lowest BCUT2D eigenvalue weighted by molar-refractivity contribution is 0.153. The molecule has 5 nitrogen and oxygen atoms in total. The lowest BCUT2D eigenvalue weighted by atomic mass is 10.1. The number of rotatable bonds is 5. The molecular weight excluding hydrogens is 256 g/mol. The quantitative estimate of drug-likeness (QED) is 0.839. The van der Waals surface area contributed by atoms with E-state index in [9.17, 15) is 10.2 Å². The molecule has 0 unspecified atom stereocenters. The van der Waals surface area contributed by atoms with E-state index in [1.165, 1.54) is 0 Å². The van der Waals surface area contributed by atoms with E-state index in [0.29, 0.717) is 11.8 Å². The van der Waals surface area contributed by atoms with Crippen LogP contribution in [-0.4, -0.2) is 66.5 Å². The van der Waals surface area contributed by atoms with Crippen molar-refractivity contribution >= 4 is 0 Å². The average molecular weight is 280 g/mol. The maximum Gasteiger partial charge on any atom is 0.160 e. The van der Waals surface area contributed by atoms with E-state index in [-0.39, 0.29) is 18.4 Å². The molecule has 2 atom stereocenters. The molecule has 1 aromatic carbocycles. The number of likely N-dealkylation sites (tertiary alicyclic amines) is 1. The minimum atomic E-state index is 0.161. The van der Waals surface area contributed by atoms with Crippen molar-refractivity contribution in [3.05, 3.63) is 23.8 Å². The Labute approximate surface area is 120 Å². The van der Waals surface area contributed by atoms with E-state index in [4.69, 9.17) is 4.74 Å². The van der Waals surface area contributed by atoms with Crippen LogP contribution in [0.2, 0.25) is 0 Å². The van der Waals surface area contributed by atoms with E-state index >= 15 is 0 Å². The summed E-state index contributed by atoms with van der Waals surface area (Å²) in [5, 5.41) is 19.3. The molecule has 1 saturated heterocycles. The molecule has 0 radical (unpaired) electrons. The third kappa shape index (κ3) is 3.23. The Kier molecular flexibility index (Phi) is 4.86. The van der Waals surface area contributed by atoms with Gasteiger partial charge in [-0.3, -0.25) is 4.90 Å². The van der Waals surface area contributed by atoms with Gasteiger partial charge in [0.05, 0.1) is 13.7 Å². The van der Waals surface area contributed by atoms with Crippen molar-refractivity contribution in [3.63, 3.8) is 0 Å². The van der Waals surface area contributed by atoms with Crippen LogP contribution in [0.1, 0.15) is 12.0 Å². The summed E-state index contributed by atoms with van der Waals surface area (Å²) in [5.74, 6) is 0.647. The Morgan fingerprint density at radius 3 is 2.70 bits per heavy atom. The van der Waals surface area contributed by atoms with Crippen LogP contribution in [-0.2, 0) is 6.54 Å². The van der Waals surface area contributed by atoms with Gasteiger partial charge < -0.3 is 19.8 Å². The molecule has 0 spiro atoms. The number of methoxy groups -OCH3 is 1. The van der Waals surface area contributed by atoms with Gasteiger partial charge in [-0.05, 0) is 38.2 Å². The van der Waals surface area contributed by atoms with Gasteiger partial charge in [-0.25, -0.2) is 0 Å². The smallest absolute Gasteiger partial charge is 0.160 e. The molecule has 1 heterocycles. The average Bonchev–Trinajstić information content (AvgIpc) is 2.82. The topological polar surface area (TPSA) is 56.2 Å². The van der Waals surface area contributed by atoms with E-state index < -0.39 is 0 Å². The Balaban J connectivity index is 2.06. The molecule has 2 N–H and O–H groups in total. The number of hydrogen-bond donors (Lipinski definition) is 2. The highest BCUT2D eigenvalue weighted by Crippen LogP contribution is 2.28. The van der Waals surface area contributed by atoms with Gasteiger partial charge in [0.1, 0.15) is 0 Å². The van der Waals surface area contributed by atoms with Gasteiger partial charge in [0, 0.05) is 25.2 Å². The normalized spacial score (nSPS) is 23.4. The fourth-order valence-corrected chi connectivity index (χ4v) is 2.78. The van der Waals surface area contributed by atoms with E-state index in [0.717, 1.165) is 25.1 Å². The zero-order chi connectivity index (χ0) is 14.7. The van der Waals surface area contributed by atoms with Gasteiger partial charge in [-0.2, -0.15) is 0 Å². The highest BCUT2D eigenvalue weighted by Gasteiger charge is 2.32. The minimum absolute atomic E-state index is 0.161. The number of ether oxygens (including phenoxy) is 1. The van der Waals surface area contributed by atoms with Crippen LogP contribution >= 0.6 is 0 Å². The summed E-state index contributed by atoms with van der Waals surface area (Å²) in [6.45, 7) is 1.84. The van der Waals surface area contributed by atoms with Crippen LogP contribution < -0.4 is 4.74 Å². The van der Waals surface area contributed by atoms with Crippen LogP contribution in [0, 0.1) is 0 Å². The number of aliphatic hydroxyl groups excluding tert-OH is 1. The van der Waals surface area contributed by atoms with Crippen molar-refractivity contribution < 1.29 is 14.9 Å². The second-order valence-electron chi connectivity index (χ2n) is 5.63. The number of nitrogens with zero attached hydrogens (tertiary/aromatic N) is 2. The summed E-state index contributed by atoms with van der Waals surface area (Å²) in [4.78, 5) is 4.47. The molecule has 5 heteroatoms. The van der Waals surface area contributed by atoms with Crippen molar-refractivity contribution in [1.82, 2.24) is 9.80 Å². The summed E-state index contributed by atoms with van der Waals surface area (Å²) >= 11 is 0. The zero-order valence-corrected chi connectivity index (χ0v) is 12.4. The summed E-state index contributed by atoms with van der Waals surface area (Å²) < 4.78 is 5.05. The van der Waals surface area contributed by atoms with Gasteiger partial charge in [-0.15, -0.1) is 0 Å². The number of aromatic hydroxyl groups is 1. The highest BCUT2D eigenvalue weighted by atomic mass is 16.5. The second-order valence-corrected chi connectivity index (χ2v) is 5.63. The molecule has 0 amide bonds. The molecule has 20 heavy (non-hydrogen) atoms.